The van der Waals surface area contributed by atoms with Crippen molar-refractivity contribution in [2.75, 3.05) is 13.1 Å². The summed E-state index contributed by atoms with van der Waals surface area (Å²) in [4.78, 5) is 2.19. The van der Waals surface area contributed by atoms with Crippen molar-refractivity contribution in [2.45, 2.75) is 19.1 Å². The van der Waals surface area contributed by atoms with Crippen molar-refractivity contribution >= 4 is 16.9 Å². The van der Waals surface area contributed by atoms with Crippen LogP contribution in [0.1, 0.15) is 13.8 Å². The van der Waals surface area contributed by atoms with Gasteiger partial charge in [0.15, 0.2) is 5.17 Å². The maximum atomic E-state index is 5.19. The number of nitrogens with zero attached hydrogens (tertiary/aromatic N) is 2. The van der Waals surface area contributed by atoms with Crippen LogP contribution in [0.2, 0.25) is 0 Å². The highest BCUT2D eigenvalue weighted by Crippen LogP contribution is 2.23. The van der Waals surface area contributed by atoms with Gasteiger partial charge in [0.1, 0.15) is 0 Å². The highest BCUT2D eigenvalue weighted by molar-refractivity contribution is 8.14. The zero-order chi connectivity index (χ0) is 7.56. The van der Waals surface area contributed by atoms with E-state index >= 15 is 0 Å². The quantitative estimate of drug-likeness (QED) is 0.452. The average Bonchev–Trinajstić information content (AvgIpc) is 2.30. The van der Waals surface area contributed by atoms with Crippen molar-refractivity contribution in [3.8, 4) is 0 Å². The Balaban J connectivity index is 2.58. The number of thioether (sulfide) groups is 1. The second-order valence-electron chi connectivity index (χ2n) is 2.38. The summed E-state index contributed by atoms with van der Waals surface area (Å²) in [5.74, 6) is 5.19. The Morgan fingerprint density at radius 1 is 1.90 bits per heavy atom. The summed E-state index contributed by atoms with van der Waals surface area (Å²) < 4.78 is 0. The molecule has 0 unspecified atom stereocenters. The number of nitrogens with two attached hydrogens (primary N) is 1. The van der Waals surface area contributed by atoms with Gasteiger partial charge >= 0.3 is 0 Å². The fourth-order valence-corrected chi connectivity index (χ4v) is 2.08. The Kier molecular flexibility index (Phi) is 2.43. The molecule has 1 saturated heterocycles. The van der Waals surface area contributed by atoms with Crippen LogP contribution in [-0.4, -0.2) is 28.4 Å². The first-order chi connectivity index (χ1) is 4.77. The van der Waals surface area contributed by atoms with Gasteiger partial charge in [0.2, 0.25) is 0 Å². The van der Waals surface area contributed by atoms with Crippen LogP contribution in [0.15, 0.2) is 5.10 Å². The fourth-order valence-electron chi connectivity index (χ4n) is 1.06. The van der Waals surface area contributed by atoms with Gasteiger partial charge in [-0.15, -0.1) is 0 Å². The van der Waals surface area contributed by atoms with E-state index in [-0.39, 0.29) is 0 Å². The van der Waals surface area contributed by atoms with Crippen LogP contribution >= 0.6 is 11.8 Å². The van der Waals surface area contributed by atoms with E-state index in [1.54, 1.807) is 11.8 Å². The summed E-state index contributed by atoms with van der Waals surface area (Å²) >= 11 is 1.75. The van der Waals surface area contributed by atoms with E-state index in [0.717, 1.165) is 18.3 Å². The molecule has 1 fully saturated rings. The van der Waals surface area contributed by atoms with Crippen molar-refractivity contribution in [2.24, 2.45) is 10.9 Å². The van der Waals surface area contributed by atoms with Crippen molar-refractivity contribution in [3.05, 3.63) is 0 Å². The van der Waals surface area contributed by atoms with Crippen LogP contribution in [0.4, 0.5) is 0 Å². The summed E-state index contributed by atoms with van der Waals surface area (Å²) in [6.07, 6.45) is 0. The lowest BCUT2D eigenvalue weighted by Crippen LogP contribution is -2.25. The van der Waals surface area contributed by atoms with Crippen LogP contribution in [0.5, 0.6) is 0 Å². The summed E-state index contributed by atoms with van der Waals surface area (Å²) in [6.45, 7) is 6.39. The minimum atomic E-state index is 0.641. The molecule has 1 aliphatic heterocycles. The first kappa shape index (κ1) is 7.72. The Labute approximate surface area is 65.6 Å². The summed E-state index contributed by atoms with van der Waals surface area (Å²) in [7, 11) is 0. The second kappa shape index (κ2) is 3.14. The third kappa shape index (κ3) is 1.37. The molecule has 4 heteroatoms. The molecular formula is C6H13N3S. The summed E-state index contributed by atoms with van der Waals surface area (Å²) in [5, 5.41) is 5.32. The highest BCUT2D eigenvalue weighted by Gasteiger charge is 2.23. The topological polar surface area (TPSA) is 41.6 Å². The maximum absolute atomic E-state index is 5.19. The molecule has 1 atom stereocenters. The number of amidine groups is 1. The molecule has 0 bridgehead atoms. The predicted molar refractivity (Wildman–Crippen MR) is 45.9 cm³/mol. The van der Waals surface area contributed by atoms with Gasteiger partial charge in [-0.25, -0.2) is 0 Å². The van der Waals surface area contributed by atoms with Gasteiger partial charge in [0, 0.05) is 18.3 Å². The first-order valence-corrected chi connectivity index (χ1v) is 4.35. The van der Waals surface area contributed by atoms with E-state index in [1.807, 2.05) is 0 Å². The molecule has 1 aliphatic rings. The predicted octanol–water partition coefficient (Wildman–Crippen LogP) is 0.673. The molecule has 0 aliphatic carbocycles. The molecule has 58 valence electrons. The lowest BCUT2D eigenvalue weighted by molar-refractivity contribution is 0.465. The van der Waals surface area contributed by atoms with Crippen LogP contribution in [0, 0.1) is 0 Å². The molecule has 10 heavy (non-hydrogen) atoms. The zero-order valence-electron chi connectivity index (χ0n) is 6.37. The van der Waals surface area contributed by atoms with E-state index in [0.29, 0.717) is 5.25 Å². The van der Waals surface area contributed by atoms with Crippen molar-refractivity contribution in [1.29, 1.82) is 0 Å². The lowest BCUT2D eigenvalue weighted by Gasteiger charge is -2.13. The van der Waals surface area contributed by atoms with Crippen LogP contribution in [0.3, 0.4) is 0 Å². The number of hydrogen-bond donors (Lipinski definition) is 1. The Morgan fingerprint density at radius 2 is 2.60 bits per heavy atom. The Hall–Kier alpha value is -0.380. The third-order valence-corrected chi connectivity index (χ3v) is 2.67. The largest absolute Gasteiger partial charge is 0.349 e. The Morgan fingerprint density at radius 3 is 3.00 bits per heavy atom. The van der Waals surface area contributed by atoms with Gasteiger partial charge in [-0.3, -0.25) is 0 Å². The van der Waals surface area contributed by atoms with Gasteiger partial charge in [-0.2, -0.15) is 5.10 Å². The first-order valence-electron chi connectivity index (χ1n) is 3.47. The monoisotopic (exact) mass is 159 g/mol. The number of hydrogen-bond acceptors (Lipinski definition) is 3. The van der Waals surface area contributed by atoms with Crippen LogP contribution in [0.25, 0.3) is 0 Å². The minimum Gasteiger partial charge on any atom is -0.349 e. The van der Waals surface area contributed by atoms with Crippen molar-refractivity contribution in [1.82, 2.24) is 4.90 Å². The smallest absolute Gasteiger partial charge is 0.183 e. The van der Waals surface area contributed by atoms with Crippen LogP contribution in [-0.2, 0) is 0 Å². The van der Waals surface area contributed by atoms with Gasteiger partial charge in [-0.1, -0.05) is 18.7 Å². The molecule has 0 aromatic heterocycles. The molecule has 0 spiro atoms. The number of hydrazone groups is 1. The minimum absolute atomic E-state index is 0.641. The summed E-state index contributed by atoms with van der Waals surface area (Å²) in [5.41, 5.74) is 0. The van der Waals surface area contributed by atoms with E-state index < -0.39 is 0 Å². The SMILES string of the molecule is CCN1C[C@@H](C)S/C1=N\N. The fraction of sp³-hybridized carbons (Fsp3) is 0.833. The third-order valence-electron chi connectivity index (χ3n) is 1.55. The maximum Gasteiger partial charge on any atom is 0.183 e. The molecular weight excluding hydrogens is 146 g/mol. The van der Waals surface area contributed by atoms with Crippen molar-refractivity contribution in [3.63, 3.8) is 0 Å². The van der Waals surface area contributed by atoms with Gasteiger partial charge in [0.05, 0.1) is 0 Å². The molecule has 1 heterocycles. The normalized spacial score (nSPS) is 30.0. The molecule has 2 N–H and O–H groups in total. The van der Waals surface area contributed by atoms with Gasteiger partial charge in [-0.05, 0) is 6.92 Å². The average molecular weight is 159 g/mol. The Bertz CT molecular complexity index is 146. The standard InChI is InChI=1S/C6H13N3S/c1-3-9-4-5(2)10-6(9)8-7/h5H,3-4,7H2,1-2H3/b8-6-/t5-/m1/s1. The highest BCUT2D eigenvalue weighted by atomic mass is 32.2. The van der Waals surface area contributed by atoms with Gasteiger partial charge in [0.25, 0.3) is 0 Å². The second-order valence-corrected chi connectivity index (χ2v) is 3.78. The molecule has 1 rings (SSSR count). The number of rotatable bonds is 1. The van der Waals surface area contributed by atoms with E-state index in [9.17, 15) is 0 Å². The van der Waals surface area contributed by atoms with E-state index in [1.165, 1.54) is 0 Å². The molecule has 3 nitrogen and oxygen atoms in total. The molecule has 0 aromatic carbocycles. The molecule has 0 aromatic rings. The van der Waals surface area contributed by atoms with E-state index in [4.69, 9.17) is 5.84 Å². The zero-order valence-corrected chi connectivity index (χ0v) is 7.19. The molecule has 0 saturated carbocycles. The molecule has 0 amide bonds. The lowest BCUT2D eigenvalue weighted by atomic mass is 10.4. The van der Waals surface area contributed by atoms with Crippen LogP contribution < -0.4 is 5.84 Å². The summed E-state index contributed by atoms with van der Waals surface area (Å²) in [6, 6.07) is 0. The van der Waals surface area contributed by atoms with Crippen molar-refractivity contribution < 1.29 is 0 Å². The van der Waals surface area contributed by atoms with E-state index in [2.05, 4.69) is 23.8 Å². The molecule has 0 radical (unpaired) electrons. The van der Waals surface area contributed by atoms with Gasteiger partial charge < -0.3 is 10.7 Å².